The van der Waals surface area contributed by atoms with E-state index in [-0.39, 0.29) is 32.7 Å². The van der Waals surface area contributed by atoms with E-state index in [1.54, 1.807) is 0 Å². The molecule has 1 fully saturated rings. The molecule has 0 bridgehead atoms. The predicted octanol–water partition coefficient (Wildman–Crippen LogP) is 3.89. The normalized spacial score (nSPS) is 25.5. The number of unbranched alkanes of at least 4 members (excludes halogenated alkanes) is 3. The van der Waals surface area contributed by atoms with Crippen LogP contribution in [-0.2, 0) is 32.7 Å². The quantitative estimate of drug-likeness (QED) is 0.531. The third-order valence-corrected chi connectivity index (χ3v) is 3.80. The van der Waals surface area contributed by atoms with E-state index in [0.29, 0.717) is 0 Å². The van der Waals surface area contributed by atoms with E-state index >= 15 is 0 Å². The van der Waals surface area contributed by atoms with E-state index in [4.69, 9.17) is 0 Å². The molecule has 1 nitrogen and oxygen atoms in total. The first-order chi connectivity index (χ1) is 7.24. The molecule has 1 aliphatic carbocycles. The van der Waals surface area contributed by atoms with Gasteiger partial charge in [0.25, 0.3) is 0 Å². The Balaban J connectivity index is 0.00000225. The van der Waals surface area contributed by atoms with Crippen LogP contribution in [0, 0.1) is 12.8 Å². The minimum absolute atomic E-state index is 0. The van der Waals surface area contributed by atoms with Gasteiger partial charge in [0.05, 0.1) is 0 Å². The third kappa shape index (κ3) is 6.72. The molecule has 0 spiro atoms. The van der Waals surface area contributed by atoms with Gasteiger partial charge in [-0.15, -0.1) is 0 Å². The molecule has 0 heterocycles. The fourth-order valence-corrected chi connectivity index (χ4v) is 2.56. The van der Waals surface area contributed by atoms with Crippen LogP contribution in [0.5, 0.6) is 0 Å². The van der Waals surface area contributed by atoms with E-state index < -0.39 is 0 Å². The maximum Gasteiger partial charge on any atom is 0.00905 e. The number of hydrogen-bond acceptors (Lipinski definition) is 1. The van der Waals surface area contributed by atoms with Crippen molar-refractivity contribution in [2.75, 3.05) is 13.6 Å². The standard InChI is InChI=1S/C14H28N.Y/c1-4-5-6-7-12-15(3)14-10-8-13(2)9-11-14;/h13-14H,2,4-12H2,1,3H3;/q-1;. The monoisotopic (exact) mass is 299 g/mol. The molecule has 0 atom stereocenters. The van der Waals surface area contributed by atoms with Gasteiger partial charge in [0.1, 0.15) is 0 Å². The molecule has 0 aromatic rings. The van der Waals surface area contributed by atoms with Crippen LogP contribution in [0.15, 0.2) is 0 Å². The summed E-state index contributed by atoms with van der Waals surface area (Å²) in [6, 6.07) is 0.852. The summed E-state index contributed by atoms with van der Waals surface area (Å²) in [6.07, 6.45) is 11.0. The van der Waals surface area contributed by atoms with Crippen LogP contribution in [0.1, 0.15) is 58.3 Å². The van der Waals surface area contributed by atoms with Gasteiger partial charge in [0, 0.05) is 38.8 Å². The molecule has 0 N–H and O–H groups in total. The molecule has 0 aromatic heterocycles. The molecular formula is C14H28NY-. The van der Waals surface area contributed by atoms with Gasteiger partial charge in [-0.1, -0.05) is 39.0 Å². The maximum absolute atomic E-state index is 4.16. The Kier molecular flexibility index (Phi) is 10.7. The van der Waals surface area contributed by atoms with Crippen molar-refractivity contribution in [2.45, 2.75) is 64.3 Å². The van der Waals surface area contributed by atoms with Gasteiger partial charge in [-0.25, -0.2) is 0 Å². The summed E-state index contributed by atoms with van der Waals surface area (Å²) in [5, 5.41) is 0. The Morgan fingerprint density at radius 1 is 1.06 bits per heavy atom. The van der Waals surface area contributed by atoms with Crippen LogP contribution in [0.4, 0.5) is 0 Å². The zero-order valence-corrected chi connectivity index (χ0v) is 14.1. The molecule has 1 rings (SSSR count). The first-order valence-corrected chi connectivity index (χ1v) is 6.77. The van der Waals surface area contributed by atoms with Crippen molar-refractivity contribution in [3.63, 3.8) is 0 Å². The summed E-state index contributed by atoms with van der Waals surface area (Å²) in [5.74, 6) is 0.731. The Bertz CT molecular complexity index is 153. The van der Waals surface area contributed by atoms with Gasteiger partial charge >= 0.3 is 0 Å². The minimum atomic E-state index is 0. The largest absolute Gasteiger partial charge is 0.340 e. The molecule has 0 unspecified atom stereocenters. The summed E-state index contributed by atoms with van der Waals surface area (Å²) in [4.78, 5) is 2.58. The summed E-state index contributed by atoms with van der Waals surface area (Å²) in [5.41, 5.74) is 0. The summed E-state index contributed by atoms with van der Waals surface area (Å²) in [7, 11) is 2.31. The van der Waals surface area contributed by atoms with Crippen molar-refractivity contribution in [1.82, 2.24) is 4.90 Å². The second-order valence-electron chi connectivity index (χ2n) is 5.22. The molecule has 0 saturated heterocycles. The van der Waals surface area contributed by atoms with Crippen LogP contribution in [0.25, 0.3) is 0 Å². The second kappa shape index (κ2) is 10.0. The SMILES string of the molecule is [CH2-]C1CCC(N(C)CCCCCC)CC1.[Y]. The van der Waals surface area contributed by atoms with Gasteiger partial charge in [-0.05, 0) is 32.9 Å². The average molecular weight is 299 g/mol. The Labute approximate surface area is 128 Å². The molecule has 0 aromatic carbocycles. The second-order valence-corrected chi connectivity index (χ2v) is 5.22. The number of nitrogens with zero attached hydrogens (tertiary/aromatic N) is 1. The van der Waals surface area contributed by atoms with Gasteiger partial charge in [-0.2, -0.15) is 5.92 Å². The Morgan fingerprint density at radius 3 is 2.25 bits per heavy atom. The molecule has 1 saturated carbocycles. The van der Waals surface area contributed by atoms with E-state index in [1.807, 2.05) is 0 Å². The third-order valence-electron chi connectivity index (χ3n) is 3.80. The van der Waals surface area contributed by atoms with Crippen LogP contribution in [0.3, 0.4) is 0 Å². The predicted molar refractivity (Wildman–Crippen MR) is 67.9 cm³/mol. The Hall–Kier alpha value is 1.06. The molecule has 1 radical (unpaired) electrons. The van der Waals surface area contributed by atoms with Crippen LogP contribution < -0.4 is 0 Å². The fraction of sp³-hybridized carbons (Fsp3) is 0.929. The van der Waals surface area contributed by atoms with E-state index in [9.17, 15) is 0 Å². The Morgan fingerprint density at radius 2 is 1.69 bits per heavy atom. The smallest absolute Gasteiger partial charge is 0.00905 e. The minimum Gasteiger partial charge on any atom is -0.340 e. The van der Waals surface area contributed by atoms with E-state index in [1.165, 1.54) is 57.9 Å². The van der Waals surface area contributed by atoms with Crippen molar-refractivity contribution < 1.29 is 32.7 Å². The van der Waals surface area contributed by atoms with Gasteiger partial charge in [0.2, 0.25) is 0 Å². The molecule has 16 heavy (non-hydrogen) atoms. The number of hydrogen-bond donors (Lipinski definition) is 0. The fourth-order valence-electron chi connectivity index (χ4n) is 2.56. The van der Waals surface area contributed by atoms with E-state index in [0.717, 1.165) is 12.0 Å². The number of rotatable bonds is 6. The molecular weight excluding hydrogens is 271 g/mol. The molecule has 0 aliphatic heterocycles. The van der Waals surface area contributed by atoms with E-state index in [2.05, 4.69) is 25.8 Å². The summed E-state index contributed by atoms with van der Waals surface area (Å²) < 4.78 is 0. The zero-order valence-electron chi connectivity index (χ0n) is 11.3. The van der Waals surface area contributed by atoms with Crippen molar-refractivity contribution in [1.29, 1.82) is 0 Å². The molecule has 0 amide bonds. The van der Waals surface area contributed by atoms with Crippen molar-refractivity contribution in [3.8, 4) is 0 Å². The molecule has 1 aliphatic rings. The molecule has 2 heteroatoms. The van der Waals surface area contributed by atoms with Crippen molar-refractivity contribution in [3.05, 3.63) is 6.92 Å². The van der Waals surface area contributed by atoms with Crippen molar-refractivity contribution >= 4 is 0 Å². The zero-order chi connectivity index (χ0) is 11.1. The first kappa shape index (κ1) is 17.1. The van der Waals surface area contributed by atoms with Crippen LogP contribution in [-0.4, -0.2) is 24.5 Å². The van der Waals surface area contributed by atoms with Crippen molar-refractivity contribution in [2.24, 2.45) is 5.92 Å². The average Bonchev–Trinajstić information content (AvgIpc) is 2.25. The first-order valence-electron chi connectivity index (χ1n) is 6.77. The summed E-state index contributed by atoms with van der Waals surface area (Å²) in [6.45, 7) is 7.73. The topological polar surface area (TPSA) is 3.24 Å². The maximum atomic E-state index is 4.16. The van der Waals surface area contributed by atoms with Gasteiger partial charge in [-0.3, -0.25) is 0 Å². The van der Waals surface area contributed by atoms with Gasteiger partial charge < -0.3 is 11.8 Å². The molecule has 93 valence electrons. The summed E-state index contributed by atoms with van der Waals surface area (Å²) >= 11 is 0. The van der Waals surface area contributed by atoms with Crippen LogP contribution in [0.2, 0.25) is 0 Å². The van der Waals surface area contributed by atoms with Gasteiger partial charge in [0.15, 0.2) is 0 Å². The van der Waals surface area contributed by atoms with Crippen LogP contribution >= 0.6 is 0 Å².